The molecule has 0 aliphatic carbocycles. The van der Waals surface area contributed by atoms with Gasteiger partial charge in [-0.3, -0.25) is 4.99 Å². The summed E-state index contributed by atoms with van der Waals surface area (Å²) in [5.74, 6) is 1.36. The van der Waals surface area contributed by atoms with Crippen LogP contribution >= 0.6 is 24.0 Å². The van der Waals surface area contributed by atoms with E-state index >= 15 is 0 Å². The number of halogens is 1. The van der Waals surface area contributed by atoms with Crippen LogP contribution in [0.15, 0.2) is 4.99 Å². The lowest BCUT2D eigenvalue weighted by molar-refractivity contribution is 0.128. The van der Waals surface area contributed by atoms with Crippen molar-refractivity contribution in [2.24, 2.45) is 10.9 Å². The molecule has 0 saturated heterocycles. The van der Waals surface area contributed by atoms with E-state index in [9.17, 15) is 8.42 Å². The monoisotopic (exact) mass is 450 g/mol. The summed E-state index contributed by atoms with van der Waals surface area (Å²) < 4.78 is 29.7. The van der Waals surface area contributed by atoms with E-state index in [4.69, 9.17) is 4.74 Å². The number of hydrogen-bond acceptors (Lipinski definition) is 4. The van der Waals surface area contributed by atoms with Gasteiger partial charge in [0.15, 0.2) is 5.96 Å². The molecule has 0 aliphatic rings. The minimum absolute atomic E-state index is 0. The van der Waals surface area contributed by atoms with Gasteiger partial charge in [0.1, 0.15) is 0 Å². The Labute approximate surface area is 152 Å². The lowest BCUT2D eigenvalue weighted by Crippen LogP contribution is -2.40. The van der Waals surface area contributed by atoms with Gasteiger partial charge < -0.3 is 15.4 Å². The molecule has 0 aliphatic heterocycles. The molecule has 0 aromatic rings. The fraction of sp³-hybridized carbons (Fsp3) is 0.923. The van der Waals surface area contributed by atoms with Gasteiger partial charge in [0.25, 0.3) is 0 Å². The van der Waals surface area contributed by atoms with Gasteiger partial charge in [0, 0.05) is 33.3 Å². The molecular formula is C13H31IN4O3S. The normalized spacial score (nSPS) is 12.1. The third-order valence-electron chi connectivity index (χ3n) is 2.61. The first-order chi connectivity index (χ1) is 9.85. The molecule has 134 valence electrons. The minimum atomic E-state index is -3.10. The van der Waals surface area contributed by atoms with E-state index in [0.717, 1.165) is 19.3 Å². The van der Waals surface area contributed by atoms with Crippen LogP contribution in [-0.4, -0.2) is 60.5 Å². The average Bonchev–Trinajstić information content (AvgIpc) is 2.38. The van der Waals surface area contributed by atoms with Crippen molar-refractivity contribution < 1.29 is 13.2 Å². The number of rotatable bonds is 11. The molecule has 0 atom stereocenters. The minimum Gasteiger partial charge on any atom is -0.380 e. The maximum atomic E-state index is 10.9. The number of nitrogens with zero attached hydrogens (tertiary/aromatic N) is 1. The summed E-state index contributed by atoms with van der Waals surface area (Å²) in [6.45, 7) is 7.53. The maximum absolute atomic E-state index is 10.9. The van der Waals surface area contributed by atoms with Crippen molar-refractivity contribution in [2.75, 3.05) is 46.2 Å². The van der Waals surface area contributed by atoms with E-state index in [0.29, 0.717) is 44.5 Å². The van der Waals surface area contributed by atoms with E-state index < -0.39 is 10.0 Å². The number of sulfonamides is 1. The van der Waals surface area contributed by atoms with Crippen LogP contribution in [0.4, 0.5) is 0 Å². The lowest BCUT2D eigenvalue weighted by atomic mass is 10.1. The standard InChI is InChI=1S/C13H30N4O3S.HI/c1-12(2)6-10-20-11-9-16-13(14-3)15-7-5-8-17-21(4,18)19;/h12,17H,5-11H2,1-4H3,(H2,14,15,16);1H. The van der Waals surface area contributed by atoms with Crippen molar-refractivity contribution in [2.45, 2.75) is 26.7 Å². The van der Waals surface area contributed by atoms with Crippen molar-refractivity contribution in [1.82, 2.24) is 15.4 Å². The lowest BCUT2D eigenvalue weighted by Gasteiger charge is -2.12. The molecule has 0 rings (SSSR count). The average molecular weight is 450 g/mol. The molecule has 22 heavy (non-hydrogen) atoms. The highest BCUT2D eigenvalue weighted by molar-refractivity contribution is 14.0. The number of nitrogens with one attached hydrogen (secondary N) is 3. The summed E-state index contributed by atoms with van der Waals surface area (Å²) in [6, 6.07) is 0. The fourth-order valence-electron chi connectivity index (χ4n) is 1.44. The van der Waals surface area contributed by atoms with Gasteiger partial charge in [0.2, 0.25) is 10.0 Å². The molecule has 3 N–H and O–H groups in total. The zero-order valence-corrected chi connectivity index (χ0v) is 17.2. The predicted octanol–water partition coefficient (Wildman–Crippen LogP) is 0.771. The molecule has 0 aromatic heterocycles. The van der Waals surface area contributed by atoms with Crippen LogP contribution < -0.4 is 15.4 Å². The van der Waals surface area contributed by atoms with Crippen LogP contribution in [0.3, 0.4) is 0 Å². The Bertz CT molecular complexity index is 389. The second-order valence-corrected chi connectivity index (χ2v) is 7.07. The maximum Gasteiger partial charge on any atom is 0.208 e. The van der Waals surface area contributed by atoms with Crippen LogP contribution in [0.1, 0.15) is 26.7 Å². The second kappa shape index (κ2) is 14.5. The summed E-state index contributed by atoms with van der Waals surface area (Å²) in [5, 5.41) is 6.25. The summed E-state index contributed by atoms with van der Waals surface area (Å²) in [7, 11) is -1.40. The Hall–Kier alpha value is -0.130. The molecule has 0 aromatic carbocycles. The third-order valence-corrected chi connectivity index (χ3v) is 3.34. The quantitative estimate of drug-likeness (QED) is 0.187. The zero-order valence-electron chi connectivity index (χ0n) is 14.0. The topological polar surface area (TPSA) is 91.8 Å². The van der Waals surface area contributed by atoms with Crippen LogP contribution in [0.2, 0.25) is 0 Å². The summed E-state index contributed by atoms with van der Waals surface area (Å²) in [4.78, 5) is 4.08. The molecule has 0 saturated carbocycles. The van der Waals surface area contributed by atoms with E-state index in [2.05, 4.69) is 34.2 Å². The molecule has 0 bridgehead atoms. The molecule has 9 heteroatoms. The van der Waals surface area contributed by atoms with Crippen LogP contribution in [0.25, 0.3) is 0 Å². The Morgan fingerprint density at radius 1 is 1.14 bits per heavy atom. The second-order valence-electron chi connectivity index (χ2n) is 5.24. The van der Waals surface area contributed by atoms with Crippen LogP contribution in [0.5, 0.6) is 0 Å². The van der Waals surface area contributed by atoms with Gasteiger partial charge in [-0.1, -0.05) is 13.8 Å². The molecule has 0 heterocycles. The van der Waals surface area contributed by atoms with Crippen molar-refractivity contribution in [1.29, 1.82) is 0 Å². The third kappa shape index (κ3) is 17.9. The summed E-state index contributed by atoms with van der Waals surface area (Å²) in [6.07, 6.45) is 2.92. The first kappa shape index (κ1) is 24.1. The predicted molar refractivity (Wildman–Crippen MR) is 103 cm³/mol. The highest BCUT2D eigenvalue weighted by Gasteiger charge is 2.00. The molecule has 0 amide bonds. The van der Waals surface area contributed by atoms with Crippen LogP contribution in [0, 0.1) is 5.92 Å². The number of ether oxygens (including phenoxy) is 1. The van der Waals surface area contributed by atoms with E-state index in [-0.39, 0.29) is 24.0 Å². The molecule has 0 unspecified atom stereocenters. The SMILES string of the molecule is CN=C(NCCCNS(C)(=O)=O)NCCOCCC(C)C.I. The fourth-order valence-corrected chi connectivity index (χ4v) is 1.95. The number of aliphatic imine (C=N–C) groups is 1. The molecule has 7 nitrogen and oxygen atoms in total. The largest absolute Gasteiger partial charge is 0.380 e. The van der Waals surface area contributed by atoms with Gasteiger partial charge in [-0.25, -0.2) is 13.1 Å². The Morgan fingerprint density at radius 2 is 1.77 bits per heavy atom. The first-order valence-electron chi connectivity index (χ1n) is 7.32. The molecule has 0 spiro atoms. The highest BCUT2D eigenvalue weighted by Crippen LogP contribution is 1.98. The van der Waals surface area contributed by atoms with Crippen molar-refractivity contribution >= 4 is 40.0 Å². The van der Waals surface area contributed by atoms with Gasteiger partial charge >= 0.3 is 0 Å². The summed E-state index contributed by atoms with van der Waals surface area (Å²) >= 11 is 0. The van der Waals surface area contributed by atoms with E-state index in [1.807, 2.05) is 0 Å². The summed E-state index contributed by atoms with van der Waals surface area (Å²) in [5.41, 5.74) is 0. The highest BCUT2D eigenvalue weighted by atomic mass is 127. The van der Waals surface area contributed by atoms with Crippen molar-refractivity contribution in [3.8, 4) is 0 Å². The van der Waals surface area contributed by atoms with Gasteiger partial charge in [0.05, 0.1) is 12.9 Å². The smallest absolute Gasteiger partial charge is 0.208 e. The first-order valence-corrected chi connectivity index (χ1v) is 9.21. The Balaban J connectivity index is 0. The number of guanidine groups is 1. The van der Waals surface area contributed by atoms with E-state index in [1.54, 1.807) is 7.05 Å². The Morgan fingerprint density at radius 3 is 2.32 bits per heavy atom. The Kier molecular flexibility index (Phi) is 15.9. The van der Waals surface area contributed by atoms with E-state index in [1.165, 1.54) is 0 Å². The van der Waals surface area contributed by atoms with Crippen molar-refractivity contribution in [3.05, 3.63) is 0 Å². The van der Waals surface area contributed by atoms with Gasteiger partial charge in [-0.2, -0.15) is 0 Å². The number of hydrogen-bond donors (Lipinski definition) is 3. The molecule has 0 radical (unpaired) electrons. The van der Waals surface area contributed by atoms with Crippen LogP contribution in [-0.2, 0) is 14.8 Å². The molecular weight excluding hydrogens is 419 g/mol. The van der Waals surface area contributed by atoms with Crippen molar-refractivity contribution in [3.63, 3.8) is 0 Å². The van der Waals surface area contributed by atoms with Gasteiger partial charge in [-0.05, 0) is 18.8 Å². The van der Waals surface area contributed by atoms with Gasteiger partial charge in [-0.15, -0.1) is 24.0 Å². The zero-order chi connectivity index (χ0) is 16.1. The molecule has 0 fully saturated rings.